The van der Waals surface area contributed by atoms with E-state index in [4.69, 9.17) is 0 Å². The molecule has 0 aromatic carbocycles. The molecule has 0 nitrogen and oxygen atoms in total. The Balaban J connectivity index is 3.03. The number of halogens is 1. The summed E-state index contributed by atoms with van der Waals surface area (Å²) in [5, 5.41) is 0. The summed E-state index contributed by atoms with van der Waals surface area (Å²) in [4.78, 5) is 0.733. The number of unbranched alkanes of at least 4 members (excludes halogenated alkanes) is 9. The van der Waals surface area contributed by atoms with Gasteiger partial charge in [0.2, 0.25) is 0 Å². The molecule has 0 bridgehead atoms. The van der Waals surface area contributed by atoms with Gasteiger partial charge in [-0.25, -0.2) is 0 Å². The number of hydrogen-bond acceptors (Lipinski definition) is 0. The highest BCUT2D eigenvalue weighted by Gasteiger charge is 2.07. The van der Waals surface area contributed by atoms with Crippen LogP contribution in [0.3, 0.4) is 0 Å². The lowest BCUT2D eigenvalue weighted by Crippen LogP contribution is -2.06. The number of alkyl halides is 1. The van der Waals surface area contributed by atoms with Crippen LogP contribution in [0.2, 0.25) is 0 Å². The van der Waals surface area contributed by atoms with E-state index in [1.807, 2.05) is 0 Å². The molecular weight excluding hydrogens is 272 g/mol. The second-order valence-corrected chi connectivity index (χ2v) is 6.91. The lowest BCUT2D eigenvalue weighted by Gasteiger charge is -2.12. The van der Waals surface area contributed by atoms with Crippen molar-refractivity contribution in [3.8, 4) is 0 Å². The van der Waals surface area contributed by atoms with Gasteiger partial charge in [0.1, 0.15) is 0 Å². The van der Waals surface area contributed by atoms with Crippen LogP contribution in [0.5, 0.6) is 0 Å². The van der Waals surface area contributed by atoms with E-state index in [-0.39, 0.29) is 0 Å². The molecule has 1 unspecified atom stereocenters. The smallest absolute Gasteiger partial charge is 0.0168 e. The third kappa shape index (κ3) is 12.7. The molecule has 0 saturated heterocycles. The average Bonchev–Trinajstić information content (AvgIpc) is 2.31. The topological polar surface area (TPSA) is 0 Å². The number of hydrogen-bond donors (Lipinski definition) is 0. The van der Waals surface area contributed by atoms with Crippen molar-refractivity contribution in [2.45, 2.75) is 96.2 Å². The first-order valence-corrected chi connectivity index (χ1v) is 8.74. The molecule has 0 aromatic heterocycles. The maximum Gasteiger partial charge on any atom is 0.0168 e. The van der Waals surface area contributed by atoms with E-state index in [9.17, 15) is 0 Å². The fourth-order valence-corrected chi connectivity index (χ4v) is 2.48. The quantitative estimate of drug-likeness (QED) is 0.277. The molecule has 0 aliphatic carbocycles. The summed E-state index contributed by atoms with van der Waals surface area (Å²) in [6, 6.07) is 0. The average molecular weight is 305 g/mol. The fourth-order valence-electron chi connectivity index (χ4n) is 2.16. The number of rotatable bonds is 12. The standard InChI is InChI=1S/C16H33Br/c1-4-5-6-7-8-9-10-11-12-13-14-16(17)15(2)3/h15-16H,4-14H2,1-3H3. The molecule has 0 fully saturated rings. The van der Waals surface area contributed by atoms with Gasteiger partial charge in [-0.15, -0.1) is 0 Å². The van der Waals surface area contributed by atoms with E-state index in [1.165, 1.54) is 70.6 Å². The van der Waals surface area contributed by atoms with Gasteiger partial charge in [0, 0.05) is 4.83 Å². The minimum absolute atomic E-state index is 0.733. The zero-order chi connectivity index (χ0) is 12.9. The van der Waals surface area contributed by atoms with Crippen LogP contribution in [0.25, 0.3) is 0 Å². The molecular formula is C16H33Br. The maximum absolute atomic E-state index is 3.76. The van der Waals surface area contributed by atoms with Crippen LogP contribution < -0.4 is 0 Å². The van der Waals surface area contributed by atoms with Crippen LogP contribution in [0.1, 0.15) is 91.4 Å². The molecule has 0 N–H and O–H groups in total. The molecule has 0 aliphatic heterocycles. The lowest BCUT2D eigenvalue weighted by atomic mass is 10.0. The largest absolute Gasteiger partial charge is 0.0888 e. The van der Waals surface area contributed by atoms with Crippen molar-refractivity contribution in [3.63, 3.8) is 0 Å². The summed E-state index contributed by atoms with van der Waals surface area (Å²) in [6.45, 7) is 6.89. The van der Waals surface area contributed by atoms with Gasteiger partial charge in [0.25, 0.3) is 0 Å². The summed E-state index contributed by atoms with van der Waals surface area (Å²) in [5.74, 6) is 0.786. The summed E-state index contributed by atoms with van der Waals surface area (Å²) in [6.07, 6.45) is 15.7. The van der Waals surface area contributed by atoms with Crippen molar-refractivity contribution in [3.05, 3.63) is 0 Å². The zero-order valence-corrected chi connectivity index (χ0v) is 13.9. The van der Waals surface area contributed by atoms with Crippen molar-refractivity contribution < 1.29 is 0 Å². The van der Waals surface area contributed by atoms with E-state index < -0.39 is 0 Å². The van der Waals surface area contributed by atoms with E-state index in [1.54, 1.807) is 0 Å². The van der Waals surface area contributed by atoms with E-state index in [0.29, 0.717) is 0 Å². The maximum atomic E-state index is 3.76. The van der Waals surface area contributed by atoms with Gasteiger partial charge in [-0.2, -0.15) is 0 Å². The normalized spacial score (nSPS) is 13.2. The Morgan fingerprint density at radius 3 is 1.53 bits per heavy atom. The predicted molar refractivity (Wildman–Crippen MR) is 84.0 cm³/mol. The van der Waals surface area contributed by atoms with Crippen molar-refractivity contribution in [1.29, 1.82) is 0 Å². The monoisotopic (exact) mass is 304 g/mol. The second kappa shape index (κ2) is 12.9. The fraction of sp³-hybridized carbons (Fsp3) is 1.00. The Labute approximate surface area is 118 Å². The molecule has 0 heterocycles. The molecule has 17 heavy (non-hydrogen) atoms. The van der Waals surface area contributed by atoms with Gasteiger partial charge in [0.05, 0.1) is 0 Å². The van der Waals surface area contributed by atoms with Crippen LogP contribution in [0.4, 0.5) is 0 Å². The Morgan fingerprint density at radius 2 is 1.12 bits per heavy atom. The van der Waals surface area contributed by atoms with Gasteiger partial charge in [0.15, 0.2) is 0 Å². The highest BCUT2D eigenvalue weighted by Crippen LogP contribution is 2.19. The lowest BCUT2D eigenvalue weighted by molar-refractivity contribution is 0.519. The predicted octanol–water partition coefficient (Wildman–Crippen LogP) is 6.72. The van der Waals surface area contributed by atoms with Gasteiger partial charge >= 0.3 is 0 Å². The highest BCUT2D eigenvalue weighted by molar-refractivity contribution is 9.09. The van der Waals surface area contributed by atoms with Crippen molar-refractivity contribution in [1.82, 2.24) is 0 Å². The van der Waals surface area contributed by atoms with Crippen molar-refractivity contribution >= 4 is 15.9 Å². The Hall–Kier alpha value is 0.480. The molecule has 104 valence electrons. The van der Waals surface area contributed by atoms with E-state index in [0.717, 1.165) is 10.7 Å². The minimum Gasteiger partial charge on any atom is -0.0888 e. The Bertz CT molecular complexity index is 142. The molecule has 0 aliphatic rings. The van der Waals surface area contributed by atoms with Crippen molar-refractivity contribution in [2.75, 3.05) is 0 Å². The SMILES string of the molecule is CCCCCCCCCCCCC(Br)C(C)C. The zero-order valence-electron chi connectivity index (χ0n) is 12.3. The summed E-state index contributed by atoms with van der Waals surface area (Å²) in [7, 11) is 0. The molecule has 0 spiro atoms. The highest BCUT2D eigenvalue weighted by atomic mass is 79.9. The first kappa shape index (κ1) is 17.5. The van der Waals surface area contributed by atoms with Gasteiger partial charge in [-0.1, -0.05) is 101 Å². The van der Waals surface area contributed by atoms with Gasteiger partial charge in [-0.3, -0.25) is 0 Å². The van der Waals surface area contributed by atoms with Crippen LogP contribution in [0, 0.1) is 5.92 Å². The molecule has 1 heteroatoms. The summed E-state index contributed by atoms with van der Waals surface area (Å²) in [5.41, 5.74) is 0. The van der Waals surface area contributed by atoms with Gasteiger partial charge < -0.3 is 0 Å². The van der Waals surface area contributed by atoms with Crippen molar-refractivity contribution in [2.24, 2.45) is 5.92 Å². The van der Waals surface area contributed by atoms with Crippen LogP contribution in [-0.4, -0.2) is 4.83 Å². The molecule has 0 saturated carbocycles. The Morgan fingerprint density at radius 1 is 0.706 bits per heavy atom. The third-order valence-electron chi connectivity index (χ3n) is 3.56. The van der Waals surface area contributed by atoms with E-state index >= 15 is 0 Å². The summed E-state index contributed by atoms with van der Waals surface area (Å²) >= 11 is 3.76. The molecule has 0 aromatic rings. The third-order valence-corrected chi connectivity index (χ3v) is 5.07. The minimum atomic E-state index is 0.733. The molecule has 0 radical (unpaired) electrons. The second-order valence-electron chi connectivity index (χ2n) is 5.73. The van der Waals surface area contributed by atoms with Gasteiger partial charge in [-0.05, 0) is 12.3 Å². The van der Waals surface area contributed by atoms with Crippen LogP contribution >= 0.6 is 15.9 Å². The molecule has 0 rings (SSSR count). The van der Waals surface area contributed by atoms with Crippen LogP contribution in [-0.2, 0) is 0 Å². The summed E-state index contributed by atoms with van der Waals surface area (Å²) < 4.78 is 0. The molecule has 0 amide bonds. The first-order chi connectivity index (χ1) is 8.18. The molecule has 1 atom stereocenters. The first-order valence-electron chi connectivity index (χ1n) is 7.82. The Kier molecular flexibility index (Phi) is 13.3. The van der Waals surface area contributed by atoms with E-state index in [2.05, 4.69) is 36.7 Å². The van der Waals surface area contributed by atoms with Crippen LogP contribution in [0.15, 0.2) is 0 Å².